The molecule has 2 heterocycles. The van der Waals surface area contributed by atoms with Crippen LogP contribution in [0.5, 0.6) is 0 Å². The van der Waals surface area contributed by atoms with Gasteiger partial charge in [-0.25, -0.2) is 4.31 Å². The molecule has 13 heteroatoms. The van der Waals surface area contributed by atoms with Crippen LogP contribution < -0.4 is 19.8 Å². The summed E-state index contributed by atoms with van der Waals surface area (Å²) in [6.07, 6.45) is 4.57. The maximum atomic E-state index is 13.2. The lowest BCUT2D eigenvalue weighted by atomic mass is 10.0. The number of pyridine rings is 1. The van der Waals surface area contributed by atoms with Gasteiger partial charge in [-0.3, -0.25) is 15.2 Å². The number of fused-ring (bicyclic) bond motifs is 1. The highest BCUT2D eigenvalue weighted by atomic mass is 35.5. The van der Waals surface area contributed by atoms with Crippen molar-refractivity contribution >= 4 is 74.8 Å². The Balaban J connectivity index is 0.00000253. The van der Waals surface area contributed by atoms with Crippen LogP contribution in [0.2, 0.25) is 0 Å². The third kappa shape index (κ3) is 8.07. The van der Waals surface area contributed by atoms with Gasteiger partial charge in [0.25, 0.3) is 0 Å². The Morgan fingerprint density at radius 3 is 2.09 bits per heavy atom. The average Bonchev–Trinajstić information content (AvgIpc) is 3.22. The number of nitrogens with one attached hydrogen (secondary N) is 1. The highest BCUT2D eigenvalue weighted by Gasteiger charge is 2.27. The number of nitrogens with zero attached hydrogens (tertiary/aromatic N) is 4. The Hall–Kier alpha value is -4.06. The van der Waals surface area contributed by atoms with Gasteiger partial charge in [0.2, 0.25) is 0 Å². The van der Waals surface area contributed by atoms with Gasteiger partial charge in [0.05, 0.1) is 12.2 Å². The first kappa shape index (κ1) is 33.4. The summed E-state index contributed by atoms with van der Waals surface area (Å²) in [7, 11) is -4.42. The molecule has 1 aliphatic rings. The van der Waals surface area contributed by atoms with Crippen LogP contribution in [-0.2, 0) is 25.8 Å². The van der Waals surface area contributed by atoms with E-state index in [1.54, 1.807) is 36.7 Å². The molecule has 1 fully saturated rings. The number of carbonyl (C=O) groups is 1. The van der Waals surface area contributed by atoms with Gasteiger partial charge in [-0.05, 0) is 71.3 Å². The highest BCUT2D eigenvalue weighted by molar-refractivity contribution is 7.88. The number of halogens is 2. The van der Waals surface area contributed by atoms with E-state index in [-0.39, 0.29) is 37.2 Å². The van der Waals surface area contributed by atoms with Crippen molar-refractivity contribution in [1.82, 2.24) is 4.98 Å². The minimum Gasteiger partial charge on any atom is -0.384 e. The van der Waals surface area contributed by atoms with Crippen molar-refractivity contribution in [2.24, 2.45) is 5.73 Å². The van der Waals surface area contributed by atoms with Crippen LogP contribution in [-0.4, -0.2) is 51.4 Å². The maximum Gasteiger partial charge on any atom is 0.412 e. The van der Waals surface area contributed by atoms with E-state index >= 15 is 0 Å². The molecule has 0 atom stereocenters. The summed E-state index contributed by atoms with van der Waals surface area (Å²) in [4.78, 5) is 20.4. The molecule has 3 aromatic carbocycles. The van der Waals surface area contributed by atoms with Crippen molar-refractivity contribution in [2.45, 2.75) is 19.9 Å². The van der Waals surface area contributed by atoms with Gasteiger partial charge in [-0.15, -0.1) is 24.8 Å². The van der Waals surface area contributed by atoms with E-state index in [1.165, 1.54) is 0 Å². The van der Waals surface area contributed by atoms with Crippen LogP contribution in [0.15, 0.2) is 85.2 Å². The van der Waals surface area contributed by atoms with Gasteiger partial charge >= 0.3 is 16.3 Å². The van der Waals surface area contributed by atoms with Gasteiger partial charge in [0, 0.05) is 62.4 Å². The Kier molecular flexibility index (Phi) is 11.2. The van der Waals surface area contributed by atoms with Crippen molar-refractivity contribution in [3.05, 3.63) is 96.3 Å². The first-order valence-electron chi connectivity index (χ1n) is 13.3. The van der Waals surface area contributed by atoms with Crippen molar-refractivity contribution in [2.75, 3.05) is 40.3 Å². The van der Waals surface area contributed by atoms with Crippen molar-refractivity contribution < 1.29 is 17.4 Å². The fourth-order valence-electron chi connectivity index (χ4n) is 5.04. The fraction of sp³-hybridized carbons (Fsp3) is 0.233. The SMILES string of the molecule is CC(=O)OS(=O)(=O)N(Cc1ccc2ccc(C(=N)N)cc2c1)c1ccc(N2CCCN(c3ccncc3)CC2)cc1.Cl.Cl. The van der Waals surface area contributed by atoms with E-state index in [4.69, 9.17) is 15.3 Å². The topological polar surface area (TPSA) is 133 Å². The van der Waals surface area contributed by atoms with Gasteiger partial charge in [-0.1, -0.05) is 24.3 Å². The van der Waals surface area contributed by atoms with E-state index in [1.807, 2.05) is 48.5 Å². The molecule has 0 saturated carbocycles. The van der Waals surface area contributed by atoms with Crippen LogP contribution >= 0.6 is 24.8 Å². The number of anilines is 3. The van der Waals surface area contributed by atoms with Gasteiger partial charge in [-0.2, -0.15) is 8.42 Å². The van der Waals surface area contributed by atoms with Crippen molar-refractivity contribution in [1.29, 1.82) is 5.41 Å². The number of rotatable bonds is 8. The van der Waals surface area contributed by atoms with Crippen LogP contribution in [0.3, 0.4) is 0 Å². The molecule has 0 bridgehead atoms. The van der Waals surface area contributed by atoms with E-state index in [9.17, 15) is 13.2 Å². The Morgan fingerprint density at radius 2 is 1.49 bits per heavy atom. The smallest absolute Gasteiger partial charge is 0.384 e. The second-order valence-electron chi connectivity index (χ2n) is 9.90. The maximum absolute atomic E-state index is 13.2. The molecule has 3 N–H and O–H groups in total. The van der Waals surface area contributed by atoms with E-state index in [0.29, 0.717) is 16.8 Å². The summed E-state index contributed by atoms with van der Waals surface area (Å²) in [6.45, 7) is 4.48. The van der Waals surface area contributed by atoms with Crippen molar-refractivity contribution in [3.8, 4) is 0 Å². The summed E-state index contributed by atoms with van der Waals surface area (Å²) in [6, 6.07) is 22.3. The molecule has 0 radical (unpaired) electrons. The minimum atomic E-state index is -4.42. The molecular weight excluding hydrogens is 611 g/mol. The lowest BCUT2D eigenvalue weighted by Gasteiger charge is -2.26. The van der Waals surface area contributed by atoms with E-state index < -0.39 is 16.3 Å². The second kappa shape index (κ2) is 14.4. The predicted molar refractivity (Wildman–Crippen MR) is 176 cm³/mol. The van der Waals surface area contributed by atoms with Crippen LogP contribution in [0, 0.1) is 5.41 Å². The fourth-order valence-corrected chi connectivity index (χ4v) is 6.11. The van der Waals surface area contributed by atoms with E-state index in [0.717, 1.165) is 66.0 Å². The third-order valence-electron chi connectivity index (χ3n) is 7.06. The monoisotopic (exact) mass is 644 g/mol. The number of benzene rings is 3. The highest BCUT2D eigenvalue weighted by Crippen LogP contribution is 2.28. The number of hydrogen-bond donors (Lipinski definition) is 2. The molecule has 1 saturated heterocycles. The first-order valence-corrected chi connectivity index (χ1v) is 14.7. The van der Waals surface area contributed by atoms with Crippen LogP contribution in [0.25, 0.3) is 10.8 Å². The Labute approximate surface area is 264 Å². The number of carbonyl (C=O) groups excluding carboxylic acids is 1. The summed E-state index contributed by atoms with van der Waals surface area (Å²) in [5.41, 5.74) is 9.42. The molecule has 0 spiro atoms. The lowest BCUT2D eigenvalue weighted by Crippen LogP contribution is -2.33. The molecule has 10 nitrogen and oxygen atoms in total. The molecule has 43 heavy (non-hydrogen) atoms. The van der Waals surface area contributed by atoms with E-state index in [2.05, 4.69) is 14.8 Å². The molecule has 228 valence electrons. The summed E-state index contributed by atoms with van der Waals surface area (Å²) in [5, 5.41) is 9.47. The van der Waals surface area contributed by atoms with Gasteiger partial charge in [0.1, 0.15) is 5.84 Å². The largest absolute Gasteiger partial charge is 0.412 e. The lowest BCUT2D eigenvalue weighted by molar-refractivity contribution is -0.131. The Bertz CT molecular complexity index is 1670. The zero-order valence-corrected chi connectivity index (χ0v) is 26.0. The normalized spacial score (nSPS) is 13.3. The van der Waals surface area contributed by atoms with Gasteiger partial charge < -0.3 is 19.7 Å². The molecule has 0 unspecified atom stereocenters. The molecule has 0 aliphatic carbocycles. The van der Waals surface area contributed by atoms with Crippen LogP contribution in [0.4, 0.5) is 17.1 Å². The molecule has 0 amide bonds. The summed E-state index contributed by atoms with van der Waals surface area (Å²) >= 11 is 0. The van der Waals surface area contributed by atoms with Crippen LogP contribution in [0.1, 0.15) is 24.5 Å². The molecular formula is C30H34Cl2N6O4S. The quantitative estimate of drug-likeness (QED) is 0.205. The summed E-state index contributed by atoms with van der Waals surface area (Å²) < 4.78 is 32.2. The average molecular weight is 646 g/mol. The molecule has 1 aromatic heterocycles. The molecule has 5 rings (SSSR count). The number of nitrogen functional groups attached to an aromatic ring is 1. The second-order valence-corrected chi connectivity index (χ2v) is 11.4. The standard InChI is InChI=1S/C30H32N6O4S.2ClH/c1-22(37)40-41(38,39)36(21-23-3-4-24-5-6-25(30(31)32)20-26(24)19-23)29-9-7-27(8-10-29)34-15-2-16-35(18-17-34)28-11-13-33-14-12-28;;/h3-14,19-20H,2,15-18,21H2,1H3,(H3,31,32);2*1H. The van der Waals surface area contributed by atoms with Crippen molar-refractivity contribution in [3.63, 3.8) is 0 Å². The number of aromatic nitrogens is 1. The molecule has 4 aromatic rings. The number of hydrogen-bond acceptors (Lipinski definition) is 8. The number of amidine groups is 1. The number of nitrogens with two attached hydrogens (primary N) is 1. The first-order chi connectivity index (χ1) is 19.7. The van der Waals surface area contributed by atoms with Gasteiger partial charge in [0.15, 0.2) is 0 Å². The Morgan fingerprint density at radius 1 is 0.884 bits per heavy atom. The third-order valence-corrected chi connectivity index (χ3v) is 8.39. The predicted octanol–water partition coefficient (Wildman–Crippen LogP) is 4.89. The summed E-state index contributed by atoms with van der Waals surface area (Å²) in [5.74, 6) is -0.967. The minimum absolute atomic E-state index is 0. The molecule has 1 aliphatic heterocycles. The zero-order chi connectivity index (χ0) is 29.0. The zero-order valence-electron chi connectivity index (χ0n) is 23.5.